The van der Waals surface area contributed by atoms with Crippen molar-refractivity contribution >= 4 is 16.3 Å². The van der Waals surface area contributed by atoms with Gasteiger partial charge in [-0.3, -0.25) is 10.1 Å². The van der Waals surface area contributed by atoms with Crippen molar-refractivity contribution in [2.75, 3.05) is 20.1 Å². The molecular formula is C11H17N3O2S. The highest BCUT2D eigenvalue weighted by molar-refractivity contribution is 7.13. The molecule has 1 fully saturated rings. The second kappa shape index (κ2) is 5.57. The monoisotopic (exact) mass is 255 g/mol. The Labute approximate surface area is 105 Å². The Bertz CT molecular complexity index is 388. The molecule has 1 N–H and O–H groups in total. The number of nitrogens with one attached hydrogen (secondary N) is 1. The summed E-state index contributed by atoms with van der Waals surface area (Å²) in [6, 6.07) is 2.25. The standard InChI is InChI=1S/C11H17N3O2S/c1-13(7-10-3-2-4-12-10)6-9-5-11(14(15)16)17-8-9/h5,8,10,12H,2-4,6-7H2,1H3. The van der Waals surface area contributed by atoms with Gasteiger partial charge in [0.15, 0.2) is 0 Å². The minimum atomic E-state index is -0.327. The van der Waals surface area contributed by atoms with Crippen molar-refractivity contribution in [3.63, 3.8) is 0 Å². The van der Waals surface area contributed by atoms with Gasteiger partial charge >= 0.3 is 5.00 Å². The van der Waals surface area contributed by atoms with E-state index in [1.165, 1.54) is 24.2 Å². The summed E-state index contributed by atoms with van der Waals surface area (Å²) in [4.78, 5) is 12.5. The molecule has 1 aliphatic heterocycles. The summed E-state index contributed by atoms with van der Waals surface area (Å²) >= 11 is 1.20. The van der Waals surface area contributed by atoms with Crippen LogP contribution in [0.2, 0.25) is 0 Å². The molecule has 5 nitrogen and oxygen atoms in total. The number of nitrogens with zero attached hydrogens (tertiary/aromatic N) is 2. The van der Waals surface area contributed by atoms with Gasteiger partial charge in [0, 0.05) is 30.6 Å². The van der Waals surface area contributed by atoms with Crippen molar-refractivity contribution in [2.45, 2.75) is 25.4 Å². The van der Waals surface area contributed by atoms with E-state index in [-0.39, 0.29) is 9.92 Å². The van der Waals surface area contributed by atoms with Crippen LogP contribution in [0.15, 0.2) is 11.4 Å². The van der Waals surface area contributed by atoms with Crippen LogP contribution in [-0.4, -0.2) is 36.0 Å². The molecule has 6 heteroatoms. The molecule has 1 atom stereocenters. The van der Waals surface area contributed by atoms with Crippen LogP contribution in [0.25, 0.3) is 0 Å². The molecule has 0 aliphatic carbocycles. The minimum Gasteiger partial charge on any atom is -0.313 e. The molecular weight excluding hydrogens is 238 g/mol. The van der Waals surface area contributed by atoms with Gasteiger partial charge in [0.25, 0.3) is 0 Å². The Morgan fingerprint density at radius 3 is 3.12 bits per heavy atom. The molecule has 0 spiro atoms. The summed E-state index contributed by atoms with van der Waals surface area (Å²) in [5.41, 5.74) is 1.03. The third-order valence-electron chi connectivity index (χ3n) is 2.97. The molecule has 1 aromatic heterocycles. The fourth-order valence-electron chi connectivity index (χ4n) is 2.21. The van der Waals surface area contributed by atoms with Crippen LogP contribution in [0.5, 0.6) is 0 Å². The summed E-state index contributed by atoms with van der Waals surface area (Å²) in [5, 5.41) is 16.1. The highest BCUT2D eigenvalue weighted by Crippen LogP contribution is 2.23. The molecule has 1 aliphatic rings. The lowest BCUT2D eigenvalue weighted by Gasteiger charge is -2.20. The van der Waals surface area contributed by atoms with Crippen LogP contribution < -0.4 is 5.32 Å². The smallest absolute Gasteiger partial charge is 0.313 e. The Kier molecular flexibility index (Phi) is 4.09. The first kappa shape index (κ1) is 12.5. The first-order valence-electron chi connectivity index (χ1n) is 5.79. The van der Waals surface area contributed by atoms with Crippen LogP contribution in [0.3, 0.4) is 0 Å². The van der Waals surface area contributed by atoms with E-state index >= 15 is 0 Å². The van der Waals surface area contributed by atoms with Crippen molar-refractivity contribution in [1.82, 2.24) is 10.2 Å². The predicted molar refractivity (Wildman–Crippen MR) is 68.3 cm³/mol. The normalized spacial score (nSPS) is 20.0. The maximum absolute atomic E-state index is 10.6. The van der Waals surface area contributed by atoms with Gasteiger partial charge in [-0.1, -0.05) is 11.3 Å². The summed E-state index contributed by atoms with van der Waals surface area (Å²) in [7, 11) is 2.06. The molecule has 1 saturated heterocycles. The summed E-state index contributed by atoms with van der Waals surface area (Å²) < 4.78 is 0. The first-order chi connectivity index (χ1) is 8.15. The van der Waals surface area contributed by atoms with Gasteiger partial charge in [-0.15, -0.1) is 0 Å². The number of likely N-dealkylation sites (N-methyl/N-ethyl adjacent to an activating group) is 1. The van der Waals surface area contributed by atoms with Crippen molar-refractivity contribution in [3.05, 3.63) is 27.1 Å². The lowest BCUT2D eigenvalue weighted by atomic mass is 10.2. The maximum Gasteiger partial charge on any atom is 0.324 e. The van der Waals surface area contributed by atoms with Gasteiger partial charge in [0.05, 0.1) is 4.92 Å². The van der Waals surface area contributed by atoms with Gasteiger partial charge in [0.2, 0.25) is 0 Å². The van der Waals surface area contributed by atoms with E-state index in [4.69, 9.17) is 0 Å². The molecule has 1 aromatic rings. The van der Waals surface area contributed by atoms with E-state index in [0.717, 1.165) is 25.2 Å². The number of hydrogen-bond acceptors (Lipinski definition) is 5. The molecule has 0 bridgehead atoms. The van der Waals surface area contributed by atoms with E-state index < -0.39 is 0 Å². The number of nitro groups is 1. The van der Waals surface area contributed by atoms with Crippen LogP contribution in [-0.2, 0) is 6.54 Å². The Morgan fingerprint density at radius 2 is 2.53 bits per heavy atom. The third-order valence-corrected chi connectivity index (χ3v) is 3.90. The van der Waals surface area contributed by atoms with Crippen molar-refractivity contribution in [2.24, 2.45) is 0 Å². The molecule has 1 unspecified atom stereocenters. The number of hydrogen-bond donors (Lipinski definition) is 1. The number of rotatable bonds is 5. The number of thiophene rings is 1. The highest BCUT2D eigenvalue weighted by atomic mass is 32.1. The van der Waals surface area contributed by atoms with Crippen LogP contribution >= 0.6 is 11.3 Å². The Morgan fingerprint density at radius 1 is 1.71 bits per heavy atom. The topological polar surface area (TPSA) is 58.4 Å². The Balaban J connectivity index is 1.84. The van der Waals surface area contributed by atoms with E-state index in [0.29, 0.717) is 6.04 Å². The van der Waals surface area contributed by atoms with Crippen LogP contribution in [0, 0.1) is 10.1 Å². The van der Waals surface area contributed by atoms with Gasteiger partial charge in [0.1, 0.15) is 0 Å². The quantitative estimate of drug-likeness (QED) is 0.644. The first-order valence-corrected chi connectivity index (χ1v) is 6.67. The minimum absolute atomic E-state index is 0.229. The molecule has 0 saturated carbocycles. The SMILES string of the molecule is CN(Cc1csc([N+](=O)[O-])c1)CC1CCCN1. The molecule has 0 radical (unpaired) electrons. The lowest BCUT2D eigenvalue weighted by molar-refractivity contribution is -0.380. The van der Waals surface area contributed by atoms with Crippen molar-refractivity contribution < 1.29 is 4.92 Å². The lowest BCUT2D eigenvalue weighted by Crippen LogP contribution is -2.34. The summed E-state index contributed by atoms with van der Waals surface area (Å²) in [5.74, 6) is 0. The zero-order valence-electron chi connectivity index (χ0n) is 9.89. The van der Waals surface area contributed by atoms with E-state index in [9.17, 15) is 10.1 Å². The van der Waals surface area contributed by atoms with E-state index in [1.807, 2.05) is 5.38 Å². The fourth-order valence-corrected chi connectivity index (χ4v) is 2.93. The predicted octanol–water partition coefficient (Wildman–Crippen LogP) is 1.84. The van der Waals surface area contributed by atoms with Crippen LogP contribution in [0.4, 0.5) is 5.00 Å². The highest BCUT2D eigenvalue weighted by Gasteiger charge is 2.17. The maximum atomic E-state index is 10.6. The molecule has 2 heterocycles. The van der Waals surface area contributed by atoms with Gasteiger partial charge in [-0.05, 0) is 32.0 Å². The zero-order chi connectivity index (χ0) is 12.3. The second-order valence-corrected chi connectivity index (χ2v) is 5.43. The molecule has 2 rings (SSSR count). The largest absolute Gasteiger partial charge is 0.324 e. The van der Waals surface area contributed by atoms with Gasteiger partial charge < -0.3 is 10.2 Å². The zero-order valence-corrected chi connectivity index (χ0v) is 10.7. The molecule has 17 heavy (non-hydrogen) atoms. The second-order valence-electron chi connectivity index (χ2n) is 4.54. The third kappa shape index (κ3) is 3.49. The average molecular weight is 255 g/mol. The average Bonchev–Trinajstić information content (AvgIpc) is 2.88. The van der Waals surface area contributed by atoms with E-state index in [1.54, 1.807) is 6.07 Å². The van der Waals surface area contributed by atoms with Crippen LogP contribution in [0.1, 0.15) is 18.4 Å². The fraction of sp³-hybridized carbons (Fsp3) is 0.636. The Hall–Kier alpha value is -0.980. The van der Waals surface area contributed by atoms with Gasteiger partial charge in [-0.2, -0.15) is 0 Å². The van der Waals surface area contributed by atoms with E-state index in [2.05, 4.69) is 17.3 Å². The summed E-state index contributed by atoms with van der Waals surface area (Å²) in [6.07, 6.45) is 2.48. The van der Waals surface area contributed by atoms with Gasteiger partial charge in [-0.25, -0.2) is 0 Å². The molecule has 0 aromatic carbocycles. The van der Waals surface area contributed by atoms with Crippen molar-refractivity contribution in [1.29, 1.82) is 0 Å². The molecule has 0 amide bonds. The summed E-state index contributed by atoms with van der Waals surface area (Å²) in [6.45, 7) is 2.90. The van der Waals surface area contributed by atoms with Crippen molar-refractivity contribution in [3.8, 4) is 0 Å². The molecule has 94 valence electrons.